The summed E-state index contributed by atoms with van der Waals surface area (Å²) in [6.07, 6.45) is 4.25. The molecule has 34 heavy (non-hydrogen) atoms. The molecule has 0 aliphatic carbocycles. The highest BCUT2D eigenvalue weighted by Crippen LogP contribution is 2.32. The highest BCUT2D eigenvalue weighted by molar-refractivity contribution is 5.89. The number of hydrogen-bond donors (Lipinski definition) is 1. The quantitative estimate of drug-likeness (QED) is 0.555. The first-order valence-electron chi connectivity index (χ1n) is 11.4. The highest BCUT2D eigenvalue weighted by atomic mass is 16.5. The summed E-state index contributed by atoms with van der Waals surface area (Å²) < 4.78 is 12.9. The van der Waals surface area contributed by atoms with Crippen LogP contribution in [0.4, 0.5) is 0 Å². The Balaban J connectivity index is 1.39. The lowest BCUT2D eigenvalue weighted by Crippen LogP contribution is -2.38. The fourth-order valence-electron chi connectivity index (χ4n) is 4.28. The fraction of sp³-hybridized carbons (Fsp3) is 0.346. The Labute approximate surface area is 199 Å². The maximum Gasteiger partial charge on any atom is 0.240 e. The highest BCUT2D eigenvalue weighted by Gasteiger charge is 2.21. The van der Waals surface area contributed by atoms with Crippen molar-refractivity contribution in [1.82, 2.24) is 19.8 Å². The van der Waals surface area contributed by atoms with Gasteiger partial charge in [0.15, 0.2) is 11.5 Å². The van der Waals surface area contributed by atoms with Crippen LogP contribution in [0.2, 0.25) is 0 Å². The molecule has 1 aliphatic heterocycles. The Morgan fingerprint density at radius 2 is 1.88 bits per heavy atom. The Kier molecular flexibility index (Phi) is 6.86. The molecule has 0 saturated carbocycles. The third kappa shape index (κ3) is 4.76. The molecule has 178 valence electrons. The van der Waals surface area contributed by atoms with Crippen molar-refractivity contribution in [3.05, 3.63) is 59.5 Å². The molecule has 1 aromatic heterocycles. The molecular formula is C26H30N4O4. The Bertz CT molecular complexity index is 1250. The Morgan fingerprint density at radius 1 is 1.15 bits per heavy atom. The average Bonchev–Trinajstić information content (AvgIpc) is 3.12. The van der Waals surface area contributed by atoms with Crippen LogP contribution < -0.4 is 14.8 Å². The van der Waals surface area contributed by atoms with E-state index in [-0.39, 0.29) is 30.8 Å². The first-order valence-corrected chi connectivity index (χ1v) is 11.4. The van der Waals surface area contributed by atoms with E-state index in [0.717, 1.165) is 28.0 Å². The molecule has 0 radical (unpaired) electrons. The van der Waals surface area contributed by atoms with Gasteiger partial charge in [0.05, 0.1) is 31.7 Å². The van der Waals surface area contributed by atoms with Gasteiger partial charge in [-0.15, -0.1) is 0 Å². The number of para-hydroxylation sites is 2. The molecule has 2 aromatic carbocycles. The van der Waals surface area contributed by atoms with Crippen molar-refractivity contribution >= 4 is 28.9 Å². The molecule has 8 nitrogen and oxygen atoms in total. The van der Waals surface area contributed by atoms with E-state index < -0.39 is 0 Å². The zero-order valence-electron chi connectivity index (χ0n) is 20.0. The topological polar surface area (TPSA) is 85.7 Å². The number of carbonyl (C=O) groups excluding carboxylic acids is 2. The third-order valence-electron chi connectivity index (χ3n) is 5.91. The molecule has 0 unspecified atom stereocenters. The van der Waals surface area contributed by atoms with Gasteiger partial charge in [-0.1, -0.05) is 12.1 Å². The van der Waals surface area contributed by atoms with Crippen molar-refractivity contribution < 1.29 is 19.1 Å². The van der Waals surface area contributed by atoms with Crippen LogP contribution in [0.25, 0.3) is 17.1 Å². The molecule has 0 fully saturated rings. The standard InChI is InChI=1S/C26H30N4O4/c1-17(2)30-21-8-6-5-7-20(21)28-24(30)9-11-27-25(31)16-29-12-10-18-13-22(33-3)23(34-4)14-19(18)15-26(29)32/h5-8,10,12-14,17H,9,11,15-16H2,1-4H3,(H,27,31). The lowest BCUT2D eigenvalue weighted by molar-refractivity contribution is -0.132. The predicted molar refractivity (Wildman–Crippen MR) is 131 cm³/mol. The molecule has 2 amide bonds. The molecule has 4 rings (SSSR count). The van der Waals surface area contributed by atoms with Gasteiger partial charge in [-0.05, 0) is 55.3 Å². The summed E-state index contributed by atoms with van der Waals surface area (Å²) in [6.45, 7) is 4.64. The summed E-state index contributed by atoms with van der Waals surface area (Å²) in [6, 6.07) is 11.9. The van der Waals surface area contributed by atoms with Crippen molar-refractivity contribution in [2.45, 2.75) is 32.7 Å². The van der Waals surface area contributed by atoms with Gasteiger partial charge in [0.25, 0.3) is 0 Å². The van der Waals surface area contributed by atoms with E-state index >= 15 is 0 Å². The first-order chi connectivity index (χ1) is 16.4. The molecular weight excluding hydrogens is 432 g/mol. The Hall–Kier alpha value is -3.81. The van der Waals surface area contributed by atoms with Gasteiger partial charge in [0.1, 0.15) is 12.4 Å². The molecule has 0 spiro atoms. The molecule has 0 saturated heterocycles. The average molecular weight is 463 g/mol. The lowest BCUT2D eigenvalue weighted by atomic mass is 10.0. The van der Waals surface area contributed by atoms with Gasteiger partial charge in [0.2, 0.25) is 11.8 Å². The number of hydrogen-bond acceptors (Lipinski definition) is 5. The molecule has 3 aromatic rings. The minimum atomic E-state index is -0.216. The van der Waals surface area contributed by atoms with Crippen molar-refractivity contribution in [2.75, 3.05) is 27.3 Å². The predicted octanol–water partition coefficient (Wildman–Crippen LogP) is 3.35. The maximum absolute atomic E-state index is 12.8. The molecule has 0 atom stereocenters. The van der Waals surface area contributed by atoms with Gasteiger partial charge in [-0.2, -0.15) is 0 Å². The molecule has 2 heterocycles. The Morgan fingerprint density at radius 3 is 2.62 bits per heavy atom. The summed E-state index contributed by atoms with van der Waals surface area (Å²) in [4.78, 5) is 31.6. The number of amides is 2. The van der Waals surface area contributed by atoms with Gasteiger partial charge in [0, 0.05) is 25.2 Å². The molecule has 0 bridgehead atoms. The van der Waals surface area contributed by atoms with Crippen molar-refractivity contribution in [1.29, 1.82) is 0 Å². The van der Waals surface area contributed by atoms with E-state index in [1.165, 1.54) is 4.90 Å². The van der Waals surface area contributed by atoms with Crippen molar-refractivity contribution in [3.8, 4) is 11.5 Å². The minimum absolute atomic E-state index is 0.0435. The number of benzene rings is 2. The SMILES string of the molecule is COc1cc2c(cc1OC)CC(=O)N(CC(=O)NCCc1nc3ccccc3n1C(C)C)C=C2. The first kappa shape index (κ1) is 23.4. The molecule has 8 heteroatoms. The number of methoxy groups -OCH3 is 2. The van der Waals surface area contributed by atoms with Crippen molar-refractivity contribution in [3.63, 3.8) is 0 Å². The van der Waals surface area contributed by atoms with Gasteiger partial charge in [-0.25, -0.2) is 4.98 Å². The van der Waals surface area contributed by atoms with Gasteiger partial charge >= 0.3 is 0 Å². The van der Waals surface area contributed by atoms with Gasteiger partial charge < -0.3 is 24.3 Å². The van der Waals surface area contributed by atoms with Gasteiger partial charge in [-0.3, -0.25) is 9.59 Å². The third-order valence-corrected chi connectivity index (χ3v) is 5.91. The number of carbonyl (C=O) groups is 2. The normalized spacial score (nSPS) is 13.2. The number of fused-ring (bicyclic) bond motifs is 2. The second-order valence-corrected chi connectivity index (χ2v) is 8.50. The monoisotopic (exact) mass is 462 g/mol. The number of rotatable bonds is 8. The van der Waals surface area contributed by atoms with E-state index in [4.69, 9.17) is 14.5 Å². The number of imidazole rings is 1. The number of ether oxygens (including phenoxy) is 2. The van der Waals surface area contributed by atoms with Crippen LogP contribution in [-0.2, 0) is 22.4 Å². The second-order valence-electron chi connectivity index (χ2n) is 8.50. The smallest absolute Gasteiger partial charge is 0.240 e. The number of nitrogens with one attached hydrogen (secondary N) is 1. The van der Waals surface area contributed by atoms with Crippen LogP contribution >= 0.6 is 0 Å². The van der Waals surface area contributed by atoms with Crippen LogP contribution in [0.5, 0.6) is 11.5 Å². The van der Waals surface area contributed by atoms with Crippen LogP contribution in [0.1, 0.15) is 36.8 Å². The van der Waals surface area contributed by atoms with E-state index in [0.29, 0.717) is 24.5 Å². The molecule has 1 N–H and O–H groups in total. The summed E-state index contributed by atoms with van der Waals surface area (Å²) >= 11 is 0. The minimum Gasteiger partial charge on any atom is -0.493 e. The van der Waals surface area contributed by atoms with E-state index in [2.05, 4.69) is 29.8 Å². The van der Waals surface area contributed by atoms with Crippen LogP contribution in [-0.4, -0.2) is 53.6 Å². The summed E-state index contributed by atoms with van der Waals surface area (Å²) in [7, 11) is 3.13. The van der Waals surface area contributed by atoms with E-state index in [1.807, 2.05) is 30.3 Å². The molecule has 1 aliphatic rings. The zero-order chi connectivity index (χ0) is 24.2. The fourth-order valence-corrected chi connectivity index (χ4v) is 4.28. The summed E-state index contributed by atoms with van der Waals surface area (Å²) in [5.41, 5.74) is 3.73. The number of nitrogens with zero attached hydrogens (tertiary/aromatic N) is 3. The van der Waals surface area contributed by atoms with E-state index in [1.54, 1.807) is 26.5 Å². The summed E-state index contributed by atoms with van der Waals surface area (Å²) in [5.74, 6) is 1.73. The van der Waals surface area contributed by atoms with Crippen LogP contribution in [0.3, 0.4) is 0 Å². The maximum atomic E-state index is 12.8. The summed E-state index contributed by atoms with van der Waals surface area (Å²) in [5, 5.41) is 2.93. The van der Waals surface area contributed by atoms with E-state index in [9.17, 15) is 9.59 Å². The van der Waals surface area contributed by atoms with Crippen LogP contribution in [0.15, 0.2) is 42.6 Å². The second kappa shape index (κ2) is 9.99. The van der Waals surface area contributed by atoms with Crippen molar-refractivity contribution in [2.24, 2.45) is 0 Å². The lowest BCUT2D eigenvalue weighted by Gasteiger charge is -2.17. The largest absolute Gasteiger partial charge is 0.493 e. The number of aromatic nitrogens is 2. The van der Waals surface area contributed by atoms with Crippen LogP contribution in [0, 0.1) is 0 Å². The zero-order valence-corrected chi connectivity index (χ0v) is 20.0.